The second-order valence-corrected chi connectivity index (χ2v) is 10.3. The Kier molecular flexibility index (Phi) is 8.52. The Bertz CT molecular complexity index is 1490. The molecule has 4 aromatic rings. The summed E-state index contributed by atoms with van der Waals surface area (Å²) in [7, 11) is -3.98. The molecule has 9 heteroatoms. The van der Waals surface area contributed by atoms with Crippen molar-refractivity contribution in [2.75, 3.05) is 5.32 Å². The number of benzene rings is 4. The number of amides is 2. The number of rotatable bonds is 10. The monoisotopic (exact) mass is 529 g/mol. The molecule has 4 rings (SSSR count). The van der Waals surface area contributed by atoms with E-state index in [0.29, 0.717) is 17.8 Å². The van der Waals surface area contributed by atoms with Crippen molar-refractivity contribution in [2.24, 2.45) is 0 Å². The van der Waals surface area contributed by atoms with Gasteiger partial charge in [-0.05, 0) is 46.5 Å². The highest BCUT2D eigenvalue weighted by atomic mass is 32.2. The standard InChI is InChI=1S/C29H27N3O5S/c33-28(34)19-27(23-10-5-2-6-11-23)32-38(36,37)26-16-14-22(15-17-26)24-12-7-13-25(18-24)31-29(35)30-20-21-8-3-1-4-9-21/h1-18,27,32H,19-20H2,(H,33,34)(H2,30,31,35). The Balaban J connectivity index is 1.44. The number of carboxylic acids is 1. The zero-order chi connectivity index (χ0) is 27.0. The third-order valence-electron chi connectivity index (χ3n) is 5.79. The van der Waals surface area contributed by atoms with E-state index >= 15 is 0 Å². The Morgan fingerprint density at radius 2 is 1.42 bits per heavy atom. The first-order valence-electron chi connectivity index (χ1n) is 11.9. The SMILES string of the molecule is O=C(O)CC(NS(=O)(=O)c1ccc(-c2cccc(NC(=O)NCc3ccccc3)c2)cc1)c1ccccc1. The highest BCUT2D eigenvalue weighted by molar-refractivity contribution is 7.89. The summed E-state index contributed by atoms with van der Waals surface area (Å²) in [5.74, 6) is -1.11. The molecule has 194 valence electrons. The van der Waals surface area contributed by atoms with Crippen LogP contribution in [-0.2, 0) is 21.4 Å². The first-order chi connectivity index (χ1) is 18.3. The lowest BCUT2D eigenvalue weighted by Crippen LogP contribution is -2.30. The summed E-state index contributed by atoms with van der Waals surface area (Å²) in [5.41, 5.74) is 3.68. The van der Waals surface area contributed by atoms with E-state index in [2.05, 4.69) is 15.4 Å². The molecule has 4 aromatic carbocycles. The van der Waals surface area contributed by atoms with Crippen molar-refractivity contribution in [2.45, 2.75) is 23.9 Å². The summed E-state index contributed by atoms with van der Waals surface area (Å²) in [4.78, 5) is 23.7. The molecule has 0 aliphatic carbocycles. The fourth-order valence-electron chi connectivity index (χ4n) is 3.90. The van der Waals surface area contributed by atoms with Crippen LogP contribution < -0.4 is 15.4 Å². The molecule has 0 heterocycles. The lowest BCUT2D eigenvalue weighted by Gasteiger charge is -2.18. The van der Waals surface area contributed by atoms with E-state index in [0.717, 1.165) is 16.7 Å². The molecule has 0 saturated heterocycles. The Morgan fingerprint density at radius 3 is 2.08 bits per heavy atom. The first kappa shape index (κ1) is 26.6. The maximum atomic E-state index is 13.0. The van der Waals surface area contributed by atoms with Crippen molar-refractivity contribution in [1.29, 1.82) is 0 Å². The summed E-state index contributed by atoms with van der Waals surface area (Å²) < 4.78 is 28.6. The van der Waals surface area contributed by atoms with Crippen molar-refractivity contribution >= 4 is 27.7 Å². The maximum absolute atomic E-state index is 13.0. The van der Waals surface area contributed by atoms with Crippen LogP contribution in [0.1, 0.15) is 23.6 Å². The highest BCUT2D eigenvalue weighted by Crippen LogP contribution is 2.26. The molecule has 0 aromatic heterocycles. The van der Waals surface area contributed by atoms with E-state index in [4.69, 9.17) is 0 Å². The fraction of sp³-hybridized carbons (Fsp3) is 0.103. The minimum Gasteiger partial charge on any atom is -0.481 e. The van der Waals surface area contributed by atoms with Crippen molar-refractivity contribution < 1.29 is 23.1 Å². The average Bonchev–Trinajstić information content (AvgIpc) is 2.92. The molecule has 4 N–H and O–H groups in total. The lowest BCUT2D eigenvalue weighted by atomic mass is 10.1. The summed E-state index contributed by atoms with van der Waals surface area (Å²) in [6, 6.07) is 30.4. The van der Waals surface area contributed by atoms with Gasteiger partial charge in [-0.1, -0.05) is 84.9 Å². The van der Waals surface area contributed by atoms with Gasteiger partial charge in [-0.15, -0.1) is 0 Å². The molecule has 0 saturated carbocycles. The number of carboxylic acid groups (broad SMARTS) is 1. The molecule has 38 heavy (non-hydrogen) atoms. The zero-order valence-electron chi connectivity index (χ0n) is 20.4. The number of sulfonamides is 1. The molecule has 0 aliphatic heterocycles. The number of nitrogens with one attached hydrogen (secondary N) is 3. The number of carbonyl (C=O) groups excluding carboxylic acids is 1. The van der Waals surface area contributed by atoms with Crippen molar-refractivity contribution in [1.82, 2.24) is 10.0 Å². The van der Waals surface area contributed by atoms with Crippen LogP contribution in [0.25, 0.3) is 11.1 Å². The van der Waals surface area contributed by atoms with Gasteiger partial charge in [-0.3, -0.25) is 4.79 Å². The van der Waals surface area contributed by atoms with Gasteiger partial charge in [0.05, 0.1) is 17.4 Å². The molecule has 0 spiro atoms. The van der Waals surface area contributed by atoms with Gasteiger partial charge in [0.2, 0.25) is 10.0 Å². The number of hydrogen-bond acceptors (Lipinski definition) is 4. The molecule has 1 atom stereocenters. The van der Waals surface area contributed by atoms with Gasteiger partial charge in [0.15, 0.2) is 0 Å². The van der Waals surface area contributed by atoms with Crippen LogP contribution in [0.5, 0.6) is 0 Å². The molecular formula is C29H27N3O5S. The molecular weight excluding hydrogens is 502 g/mol. The van der Waals surface area contributed by atoms with Gasteiger partial charge in [-0.25, -0.2) is 17.9 Å². The van der Waals surface area contributed by atoms with E-state index in [9.17, 15) is 23.1 Å². The Morgan fingerprint density at radius 1 is 0.763 bits per heavy atom. The quantitative estimate of drug-likeness (QED) is 0.226. The Hall–Kier alpha value is -4.47. The van der Waals surface area contributed by atoms with Crippen LogP contribution in [0.15, 0.2) is 114 Å². The van der Waals surface area contributed by atoms with Gasteiger partial charge >= 0.3 is 12.0 Å². The minimum atomic E-state index is -3.98. The molecule has 1 unspecified atom stereocenters. The lowest BCUT2D eigenvalue weighted by molar-refractivity contribution is -0.137. The van der Waals surface area contributed by atoms with Gasteiger partial charge in [-0.2, -0.15) is 0 Å². The second kappa shape index (κ2) is 12.2. The van der Waals surface area contributed by atoms with E-state index < -0.39 is 22.0 Å². The van der Waals surface area contributed by atoms with Gasteiger partial charge in [0, 0.05) is 12.2 Å². The second-order valence-electron chi connectivity index (χ2n) is 8.58. The van der Waals surface area contributed by atoms with Crippen LogP contribution in [0.3, 0.4) is 0 Å². The summed E-state index contributed by atoms with van der Waals surface area (Å²) in [6.07, 6.45) is -0.389. The number of aliphatic carboxylic acids is 1. The van der Waals surface area contributed by atoms with Gasteiger partial charge < -0.3 is 15.7 Å². The molecule has 2 amide bonds. The predicted octanol–water partition coefficient (Wildman–Crippen LogP) is 5.17. The summed E-state index contributed by atoms with van der Waals surface area (Å²) >= 11 is 0. The van der Waals surface area contributed by atoms with Crippen LogP contribution in [0, 0.1) is 0 Å². The average molecular weight is 530 g/mol. The summed E-state index contributed by atoms with van der Waals surface area (Å²) in [5, 5.41) is 14.9. The maximum Gasteiger partial charge on any atom is 0.319 e. The smallest absolute Gasteiger partial charge is 0.319 e. The third-order valence-corrected chi connectivity index (χ3v) is 7.28. The van der Waals surface area contributed by atoms with E-state index in [1.807, 2.05) is 36.4 Å². The fourth-order valence-corrected chi connectivity index (χ4v) is 5.12. The van der Waals surface area contributed by atoms with Crippen LogP contribution in [-0.4, -0.2) is 25.5 Å². The van der Waals surface area contributed by atoms with E-state index in [-0.39, 0.29) is 17.3 Å². The minimum absolute atomic E-state index is 0.0159. The molecule has 0 aliphatic rings. The van der Waals surface area contributed by atoms with Crippen LogP contribution >= 0.6 is 0 Å². The summed E-state index contributed by atoms with van der Waals surface area (Å²) in [6.45, 7) is 0.397. The largest absolute Gasteiger partial charge is 0.481 e. The Labute approximate surface area is 221 Å². The zero-order valence-corrected chi connectivity index (χ0v) is 21.2. The number of urea groups is 1. The molecule has 8 nitrogen and oxygen atoms in total. The van der Waals surface area contributed by atoms with Crippen LogP contribution in [0.2, 0.25) is 0 Å². The van der Waals surface area contributed by atoms with Gasteiger partial charge in [0.25, 0.3) is 0 Å². The van der Waals surface area contributed by atoms with Crippen molar-refractivity contribution in [3.63, 3.8) is 0 Å². The van der Waals surface area contributed by atoms with E-state index in [1.165, 1.54) is 12.1 Å². The van der Waals surface area contributed by atoms with Crippen LogP contribution in [0.4, 0.5) is 10.5 Å². The van der Waals surface area contributed by atoms with E-state index in [1.54, 1.807) is 60.7 Å². The van der Waals surface area contributed by atoms with Crippen molar-refractivity contribution in [3.8, 4) is 11.1 Å². The molecule has 0 fully saturated rings. The highest BCUT2D eigenvalue weighted by Gasteiger charge is 2.23. The molecule has 0 bridgehead atoms. The normalized spacial score (nSPS) is 11.9. The third kappa shape index (κ3) is 7.28. The van der Waals surface area contributed by atoms with Crippen molar-refractivity contribution in [3.05, 3.63) is 120 Å². The topological polar surface area (TPSA) is 125 Å². The molecule has 0 radical (unpaired) electrons. The first-order valence-corrected chi connectivity index (χ1v) is 13.4. The number of hydrogen-bond donors (Lipinski definition) is 4. The predicted molar refractivity (Wildman–Crippen MR) is 146 cm³/mol. The van der Waals surface area contributed by atoms with Gasteiger partial charge in [0.1, 0.15) is 0 Å². The number of anilines is 1. The number of carbonyl (C=O) groups is 2.